The molecule has 2 saturated heterocycles. The number of hydrogen-bond acceptors (Lipinski definition) is 5. The summed E-state index contributed by atoms with van der Waals surface area (Å²) in [4.78, 5) is 5.12. The Labute approximate surface area is 108 Å². The molecule has 2 fully saturated rings. The summed E-state index contributed by atoms with van der Waals surface area (Å²) < 4.78 is 5.23. The molecule has 0 unspecified atom stereocenters. The molecule has 5 heteroatoms. The van der Waals surface area contributed by atoms with E-state index < -0.39 is 0 Å². The highest BCUT2D eigenvalue weighted by Crippen LogP contribution is 2.17. The Hall–Kier alpha value is -0.910. The summed E-state index contributed by atoms with van der Waals surface area (Å²) in [7, 11) is 0. The molecular weight excluding hydrogens is 228 g/mol. The highest BCUT2D eigenvalue weighted by molar-refractivity contribution is 5.20. The molecule has 0 spiro atoms. The molecule has 2 aliphatic rings. The van der Waals surface area contributed by atoms with E-state index in [0.29, 0.717) is 0 Å². The predicted octanol–water partition coefficient (Wildman–Crippen LogP) is 0.381. The van der Waals surface area contributed by atoms with Crippen molar-refractivity contribution < 1.29 is 4.52 Å². The van der Waals surface area contributed by atoms with Crippen LogP contribution in [0.5, 0.6) is 0 Å². The van der Waals surface area contributed by atoms with Gasteiger partial charge in [-0.25, -0.2) is 0 Å². The molecule has 0 aromatic carbocycles. The normalized spacial score (nSPS) is 23.2. The van der Waals surface area contributed by atoms with Crippen LogP contribution in [0.15, 0.2) is 4.52 Å². The number of rotatable bonds is 3. The van der Waals surface area contributed by atoms with Crippen molar-refractivity contribution in [2.45, 2.75) is 26.4 Å². The van der Waals surface area contributed by atoms with Crippen molar-refractivity contribution in [1.82, 2.24) is 20.3 Å². The lowest BCUT2D eigenvalue weighted by atomic mass is 10.1. The van der Waals surface area contributed by atoms with Crippen LogP contribution < -0.4 is 5.32 Å². The van der Waals surface area contributed by atoms with Gasteiger partial charge in [0.25, 0.3) is 0 Å². The Morgan fingerprint density at radius 3 is 2.44 bits per heavy atom. The van der Waals surface area contributed by atoms with Gasteiger partial charge in [0.15, 0.2) is 0 Å². The third kappa shape index (κ3) is 2.30. The molecule has 5 nitrogen and oxygen atoms in total. The Bertz CT molecular complexity index is 386. The second-order valence-corrected chi connectivity index (χ2v) is 5.43. The lowest BCUT2D eigenvalue weighted by Crippen LogP contribution is -2.61. The van der Waals surface area contributed by atoms with Gasteiger partial charge in [-0.05, 0) is 13.8 Å². The molecule has 0 atom stereocenters. The minimum atomic E-state index is 0.784. The minimum absolute atomic E-state index is 0.784. The van der Waals surface area contributed by atoms with E-state index >= 15 is 0 Å². The Morgan fingerprint density at radius 1 is 1.22 bits per heavy atom. The van der Waals surface area contributed by atoms with Crippen LogP contribution in [-0.2, 0) is 6.54 Å². The highest BCUT2D eigenvalue weighted by Gasteiger charge is 2.28. The van der Waals surface area contributed by atoms with Crippen LogP contribution in [0.3, 0.4) is 0 Å². The minimum Gasteiger partial charge on any atom is -0.361 e. The maximum absolute atomic E-state index is 5.23. The van der Waals surface area contributed by atoms with Gasteiger partial charge in [0.2, 0.25) is 0 Å². The summed E-state index contributed by atoms with van der Waals surface area (Å²) in [6, 6.07) is 0.784. The van der Waals surface area contributed by atoms with Gasteiger partial charge in [-0.1, -0.05) is 5.16 Å². The van der Waals surface area contributed by atoms with Crippen molar-refractivity contribution in [3.8, 4) is 0 Å². The first kappa shape index (κ1) is 12.1. The van der Waals surface area contributed by atoms with Gasteiger partial charge >= 0.3 is 0 Å². The Morgan fingerprint density at radius 2 is 1.94 bits per heavy atom. The van der Waals surface area contributed by atoms with Crippen LogP contribution in [0.2, 0.25) is 0 Å². The molecule has 1 aromatic rings. The molecule has 1 N–H and O–H groups in total. The first-order chi connectivity index (χ1) is 8.74. The predicted molar refractivity (Wildman–Crippen MR) is 69.5 cm³/mol. The number of aromatic nitrogens is 1. The molecule has 3 rings (SSSR count). The van der Waals surface area contributed by atoms with Crippen molar-refractivity contribution in [3.05, 3.63) is 17.0 Å². The quantitative estimate of drug-likeness (QED) is 0.840. The first-order valence-electron chi connectivity index (χ1n) is 6.83. The van der Waals surface area contributed by atoms with Gasteiger partial charge in [-0.2, -0.15) is 0 Å². The largest absolute Gasteiger partial charge is 0.361 e. The third-order valence-corrected chi connectivity index (χ3v) is 4.25. The highest BCUT2D eigenvalue weighted by atomic mass is 16.5. The van der Waals surface area contributed by atoms with Crippen molar-refractivity contribution in [3.63, 3.8) is 0 Å². The molecule has 0 aliphatic carbocycles. The van der Waals surface area contributed by atoms with E-state index in [2.05, 4.69) is 20.3 Å². The fourth-order valence-electron chi connectivity index (χ4n) is 2.77. The number of nitrogens with one attached hydrogen (secondary N) is 1. The monoisotopic (exact) mass is 250 g/mol. The maximum atomic E-state index is 5.23. The smallest absolute Gasteiger partial charge is 0.138 e. The van der Waals surface area contributed by atoms with Crippen LogP contribution in [0.4, 0.5) is 0 Å². The fraction of sp³-hybridized carbons (Fsp3) is 0.769. The van der Waals surface area contributed by atoms with Crippen molar-refractivity contribution >= 4 is 0 Å². The second kappa shape index (κ2) is 4.99. The number of nitrogens with zero attached hydrogens (tertiary/aromatic N) is 3. The van der Waals surface area contributed by atoms with Crippen molar-refractivity contribution in [1.29, 1.82) is 0 Å². The van der Waals surface area contributed by atoms with Crippen LogP contribution in [0.25, 0.3) is 0 Å². The van der Waals surface area contributed by atoms with E-state index in [1.807, 2.05) is 13.8 Å². The summed E-state index contributed by atoms with van der Waals surface area (Å²) in [5.41, 5.74) is 2.31. The van der Waals surface area contributed by atoms with Crippen LogP contribution in [0, 0.1) is 13.8 Å². The first-order valence-corrected chi connectivity index (χ1v) is 6.83. The zero-order chi connectivity index (χ0) is 12.5. The SMILES string of the molecule is Cc1noc(C)c1CN1CCN(C2CNC2)CC1. The zero-order valence-corrected chi connectivity index (χ0v) is 11.3. The molecule has 0 amide bonds. The van der Waals surface area contributed by atoms with Gasteiger partial charge in [0, 0.05) is 57.4 Å². The lowest BCUT2D eigenvalue weighted by Gasteiger charge is -2.43. The summed E-state index contributed by atoms with van der Waals surface area (Å²) in [6.07, 6.45) is 0. The molecule has 0 radical (unpaired) electrons. The van der Waals surface area contributed by atoms with E-state index in [1.54, 1.807) is 0 Å². The van der Waals surface area contributed by atoms with Gasteiger partial charge in [0.05, 0.1) is 5.69 Å². The van der Waals surface area contributed by atoms with E-state index in [0.717, 1.165) is 37.1 Å². The van der Waals surface area contributed by atoms with E-state index in [-0.39, 0.29) is 0 Å². The Balaban J connectivity index is 1.53. The average molecular weight is 250 g/mol. The van der Waals surface area contributed by atoms with Crippen LogP contribution >= 0.6 is 0 Å². The molecule has 18 heavy (non-hydrogen) atoms. The van der Waals surface area contributed by atoms with E-state index in [9.17, 15) is 0 Å². The second-order valence-electron chi connectivity index (χ2n) is 5.43. The van der Waals surface area contributed by atoms with Gasteiger partial charge in [-0.3, -0.25) is 9.80 Å². The molecule has 2 aliphatic heterocycles. The molecule has 3 heterocycles. The van der Waals surface area contributed by atoms with Gasteiger partial charge in [0.1, 0.15) is 5.76 Å². The molecule has 0 saturated carbocycles. The molecule has 0 bridgehead atoms. The standard InChI is InChI=1S/C13H22N4O/c1-10-13(11(2)18-15-10)9-16-3-5-17(6-4-16)12-7-14-8-12/h12,14H,3-9H2,1-2H3. The summed E-state index contributed by atoms with van der Waals surface area (Å²) in [5, 5.41) is 7.37. The van der Waals surface area contributed by atoms with Crippen molar-refractivity contribution in [2.24, 2.45) is 0 Å². The number of aryl methyl sites for hydroxylation is 2. The van der Waals surface area contributed by atoms with E-state index in [4.69, 9.17) is 4.52 Å². The summed E-state index contributed by atoms with van der Waals surface area (Å²) in [6.45, 7) is 12.0. The van der Waals surface area contributed by atoms with Crippen LogP contribution in [-0.4, -0.2) is 60.3 Å². The fourth-order valence-corrected chi connectivity index (χ4v) is 2.77. The molecule has 100 valence electrons. The van der Waals surface area contributed by atoms with E-state index in [1.165, 1.54) is 31.7 Å². The van der Waals surface area contributed by atoms with Crippen molar-refractivity contribution in [2.75, 3.05) is 39.3 Å². The maximum Gasteiger partial charge on any atom is 0.138 e. The lowest BCUT2D eigenvalue weighted by molar-refractivity contribution is 0.0693. The third-order valence-electron chi connectivity index (χ3n) is 4.25. The molecule has 1 aromatic heterocycles. The Kier molecular flexibility index (Phi) is 3.37. The summed E-state index contributed by atoms with van der Waals surface area (Å²) in [5.74, 6) is 0.970. The van der Waals surface area contributed by atoms with Gasteiger partial charge < -0.3 is 9.84 Å². The topological polar surface area (TPSA) is 44.5 Å². The van der Waals surface area contributed by atoms with Gasteiger partial charge in [-0.15, -0.1) is 0 Å². The molecular formula is C13H22N4O. The summed E-state index contributed by atoms with van der Waals surface area (Å²) >= 11 is 0. The van der Waals surface area contributed by atoms with Crippen LogP contribution in [0.1, 0.15) is 17.0 Å². The zero-order valence-electron chi connectivity index (χ0n) is 11.3. The number of piperazine rings is 1. The average Bonchev–Trinajstić information content (AvgIpc) is 2.61. The number of hydrogen-bond donors (Lipinski definition) is 1.